The van der Waals surface area contributed by atoms with Crippen LogP contribution in [0.15, 0.2) is 35.4 Å². The summed E-state index contributed by atoms with van der Waals surface area (Å²) < 4.78 is 3.11. The van der Waals surface area contributed by atoms with Gasteiger partial charge >= 0.3 is 11.2 Å². The van der Waals surface area contributed by atoms with Crippen molar-refractivity contribution in [2.75, 3.05) is 0 Å². The van der Waals surface area contributed by atoms with Crippen LogP contribution in [-0.2, 0) is 6.42 Å². The van der Waals surface area contributed by atoms with Gasteiger partial charge in [-0.15, -0.1) is 0 Å². The molecule has 3 heterocycles. The summed E-state index contributed by atoms with van der Waals surface area (Å²) in [6.07, 6.45) is 4.76. The summed E-state index contributed by atoms with van der Waals surface area (Å²) in [6, 6.07) is 5.57. The molecule has 86 valence electrons. The number of aromatic nitrogens is 2. The minimum atomic E-state index is -0.186. The van der Waals surface area contributed by atoms with Gasteiger partial charge in [0.25, 0.3) is 0 Å². The van der Waals surface area contributed by atoms with Crippen LogP contribution in [0.5, 0.6) is 5.88 Å². The first-order valence-corrected chi connectivity index (χ1v) is 5.71. The van der Waals surface area contributed by atoms with Crippen molar-refractivity contribution in [1.82, 2.24) is 4.40 Å². The maximum absolute atomic E-state index is 12.2. The summed E-state index contributed by atoms with van der Waals surface area (Å²) in [4.78, 5) is 12.2. The second-order valence-corrected chi connectivity index (χ2v) is 4.18. The first-order chi connectivity index (χ1) is 8.24. The topological polar surface area (TPSA) is 48.6 Å². The molecule has 17 heavy (non-hydrogen) atoms. The molecule has 0 aliphatic heterocycles. The average Bonchev–Trinajstić information content (AvgIpc) is 2.77. The molecule has 0 saturated carbocycles. The predicted molar refractivity (Wildman–Crippen MR) is 61.5 cm³/mol. The van der Waals surface area contributed by atoms with E-state index in [-0.39, 0.29) is 11.4 Å². The summed E-state index contributed by atoms with van der Waals surface area (Å²) >= 11 is 0. The molecule has 0 radical (unpaired) electrons. The third-order valence-electron chi connectivity index (χ3n) is 3.08. The summed E-state index contributed by atoms with van der Waals surface area (Å²) in [5.41, 5.74) is 0.856. The Bertz CT molecular complexity index is 746. The molecule has 0 amide bonds. The fourth-order valence-corrected chi connectivity index (χ4v) is 2.30. The summed E-state index contributed by atoms with van der Waals surface area (Å²) in [7, 11) is 0. The van der Waals surface area contributed by atoms with Gasteiger partial charge in [0, 0.05) is 0 Å². The van der Waals surface area contributed by atoms with E-state index in [4.69, 9.17) is 0 Å². The highest BCUT2D eigenvalue weighted by molar-refractivity contribution is 5.73. The maximum atomic E-state index is 12.2. The minimum Gasteiger partial charge on any atom is -0.842 e. The third kappa shape index (κ3) is 1.24. The summed E-state index contributed by atoms with van der Waals surface area (Å²) in [6.45, 7) is 1.96. The van der Waals surface area contributed by atoms with Crippen LogP contribution in [0.1, 0.15) is 18.9 Å². The van der Waals surface area contributed by atoms with Gasteiger partial charge in [-0.25, -0.2) is 9.20 Å². The zero-order valence-corrected chi connectivity index (χ0v) is 9.51. The van der Waals surface area contributed by atoms with Crippen molar-refractivity contribution in [1.29, 1.82) is 0 Å². The molecule has 0 saturated heterocycles. The number of hydrogen-bond donors (Lipinski definition) is 0. The molecule has 0 unspecified atom stereocenters. The highest BCUT2D eigenvalue weighted by Gasteiger charge is 2.18. The van der Waals surface area contributed by atoms with E-state index < -0.39 is 0 Å². The second kappa shape index (κ2) is 3.45. The van der Waals surface area contributed by atoms with E-state index in [1.165, 1.54) is 0 Å². The van der Waals surface area contributed by atoms with E-state index in [2.05, 4.69) is 0 Å². The normalized spacial score (nSPS) is 11.6. The molecule has 3 rings (SSSR count). The quantitative estimate of drug-likeness (QED) is 0.600. The minimum absolute atomic E-state index is 0.182. The zero-order chi connectivity index (χ0) is 12.0. The van der Waals surface area contributed by atoms with Crippen molar-refractivity contribution in [3.63, 3.8) is 0 Å². The van der Waals surface area contributed by atoms with Gasteiger partial charge in [0.1, 0.15) is 6.20 Å². The molecule has 0 bridgehead atoms. The van der Waals surface area contributed by atoms with E-state index >= 15 is 0 Å². The summed E-state index contributed by atoms with van der Waals surface area (Å²) in [5, 5.41) is 13.1. The lowest BCUT2D eigenvalue weighted by Gasteiger charge is -2.10. The summed E-state index contributed by atoms with van der Waals surface area (Å²) in [5.74, 6) is -0.186. The van der Waals surface area contributed by atoms with Crippen LogP contribution >= 0.6 is 0 Å². The predicted octanol–water partition coefficient (Wildman–Crippen LogP) is 0.502. The largest absolute Gasteiger partial charge is 0.842 e. The Hall–Kier alpha value is -2.10. The Morgan fingerprint density at radius 3 is 3.00 bits per heavy atom. The molecule has 0 fully saturated rings. The first-order valence-electron chi connectivity index (χ1n) is 5.71. The van der Waals surface area contributed by atoms with Gasteiger partial charge in [0.15, 0.2) is 0 Å². The first kappa shape index (κ1) is 10.1. The van der Waals surface area contributed by atoms with Gasteiger partial charge in [-0.05, 0) is 24.6 Å². The molecule has 3 aromatic heterocycles. The molecule has 4 nitrogen and oxygen atoms in total. The van der Waals surface area contributed by atoms with Crippen molar-refractivity contribution in [3.05, 3.63) is 46.5 Å². The van der Waals surface area contributed by atoms with Crippen LogP contribution in [-0.4, -0.2) is 4.40 Å². The van der Waals surface area contributed by atoms with E-state index in [9.17, 15) is 9.90 Å². The molecule has 0 atom stereocenters. The molecule has 0 N–H and O–H groups in total. The van der Waals surface area contributed by atoms with E-state index in [0.29, 0.717) is 17.6 Å². The van der Waals surface area contributed by atoms with Crippen molar-refractivity contribution >= 4 is 11.0 Å². The number of nitrogens with zero attached hydrogens (tertiary/aromatic N) is 2. The molecular weight excluding hydrogens is 216 g/mol. The molecular formula is C13H12N2O2. The van der Waals surface area contributed by atoms with Crippen LogP contribution in [0.4, 0.5) is 0 Å². The number of rotatable bonds is 2. The van der Waals surface area contributed by atoms with E-state index in [1.807, 2.05) is 25.1 Å². The van der Waals surface area contributed by atoms with Gasteiger partial charge in [-0.2, -0.15) is 4.40 Å². The van der Waals surface area contributed by atoms with Crippen molar-refractivity contribution < 1.29 is 9.51 Å². The Balaban J connectivity index is 2.56. The number of hydrogen-bond acceptors (Lipinski definition) is 2. The molecule has 0 aliphatic rings. The van der Waals surface area contributed by atoms with Crippen LogP contribution in [0, 0.1) is 0 Å². The molecule has 0 aromatic carbocycles. The lowest BCUT2D eigenvalue weighted by Crippen LogP contribution is -2.36. The Kier molecular flexibility index (Phi) is 2.04. The molecule has 0 spiro atoms. The maximum Gasteiger partial charge on any atom is 0.344 e. The van der Waals surface area contributed by atoms with Gasteiger partial charge in [0.05, 0.1) is 23.0 Å². The van der Waals surface area contributed by atoms with Gasteiger partial charge < -0.3 is 5.11 Å². The lowest BCUT2D eigenvalue weighted by molar-refractivity contribution is -0.587. The van der Waals surface area contributed by atoms with Crippen molar-refractivity contribution in [2.45, 2.75) is 19.8 Å². The SMILES string of the molecule is CCCc1c([O-])[n+]2cccc3ccn(c1=O)c32. The van der Waals surface area contributed by atoms with Crippen molar-refractivity contribution in [3.8, 4) is 5.88 Å². The highest BCUT2D eigenvalue weighted by atomic mass is 16.3. The number of pyridine rings is 1. The Morgan fingerprint density at radius 1 is 1.41 bits per heavy atom. The molecule has 4 heteroatoms. The van der Waals surface area contributed by atoms with Gasteiger partial charge in [-0.3, -0.25) is 0 Å². The smallest absolute Gasteiger partial charge is 0.344 e. The van der Waals surface area contributed by atoms with E-state index in [0.717, 1.165) is 11.8 Å². The fourth-order valence-electron chi connectivity index (χ4n) is 2.30. The Morgan fingerprint density at radius 2 is 2.24 bits per heavy atom. The standard InChI is InChI=1S/C13H12N2O2/c1-2-4-10-12(16)14-7-3-5-9-6-8-15(11(9)14)13(10)17/h3,5-8H,2,4H2,1H3. The van der Waals surface area contributed by atoms with E-state index in [1.54, 1.807) is 21.2 Å². The zero-order valence-electron chi connectivity index (χ0n) is 9.51. The molecule has 0 aliphatic carbocycles. The Labute approximate surface area is 97.7 Å². The van der Waals surface area contributed by atoms with Crippen LogP contribution in [0.25, 0.3) is 11.0 Å². The lowest BCUT2D eigenvalue weighted by atomic mass is 10.2. The third-order valence-corrected chi connectivity index (χ3v) is 3.08. The average molecular weight is 228 g/mol. The molecule has 3 aromatic rings. The fraction of sp³-hybridized carbons (Fsp3) is 0.231. The van der Waals surface area contributed by atoms with Gasteiger partial charge in [0.2, 0.25) is 0 Å². The van der Waals surface area contributed by atoms with Crippen LogP contribution < -0.4 is 15.1 Å². The van der Waals surface area contributed by atoms with Crippen LogP contribution in [0.2, 0.25) is 0 Å². The van der Waals surface area contributed by atoms with Crippen molar-refractivity contribution in [2.24, 2.45) is 0 Å². The monoisotopic (exact) mass is 228 g/mol. The highest BCUT2D eigenvalue weighted by Crippen LogP contribution is 2.14. The van der Waals surface area contributed by atoms with Gasteiger partial charge in [-0.1, -0.05) is 13.3 Å². The second-order valence-electron chi connectivity index (χ2n) is 4.18. The van der Waals surface area contributed by atoms with Crippen LogP contribution in [0.3, 0.4) is 0 Å².